The zero-order valence-corrected chi connectivity index (χ0v) is 19.5. The monoisotopic (exact) mass is 466 g/mol. The lowest BCUT2D eigenvalue weighted by Gasteiger charge is -2.36. The molecule has 0 bridgehead atoms. The fourth-order valence-corrected chi connectivity index (χ4v) is 4.09. The van der Waals surface area contributed by atoms with Crippen molar-refractivity contribution in [3.8, 4) is 0 Å². The van der Waals surface area contributed by atoms with Crippen molar-refractivity contribution in [2.75, 3.05) is 37.7 Å². The highest BCUT2D eigenvalue weighted by Crippen LogP contribution is 2.25. The zero-order valence-electron chi connectivity index (χ0n) is 19.5. The Balaban J connectivity index is 1.28. The van der Waals surface area contributed by atoms with Gasteiger partial charge in [-0.25, -0.2) is 4.39 Å². The highest BCUT2D eigenvalue weighted by atomic mass is 19.1. The van der Waals surface area contributed by atoms with Gasteiger partial charge in [-0.2, -0.15) is 0 Å². The maximum atomic E-state index is 14.4. The van der Waals surface area contributed by atoms with E-state index in [9.17, 15) is 18.8 Å². The molecule has 1 amide bonds. The molecular weight excluding hydrogens is 439 g/mol. The van der Waals surface area contributed by atoms with E-state index in [4.69, 9.17) is 9.15 Å². The van der Waals surface area contributed by atoms with Gasteiger partial charge in [-0.05, 0) is 62.2 Å². The van der Waals surface area contributed by atoms with Gasteiger partial charge in [-0.3, -0.25) is 14.4 Å². The fourth-order valence-electron chi connectivity index (χ4n) is 4.09. The predicted octanol–water partition coefficient (Wildman–Crippen LogP) is 3.83. The zero-order chi connectivity index (χ0) is 24.4. The number of aryl methyl sites for hydroxylation is 2. The molecule has 0 radical (unpaired) electrons. The molecule has 3 aromatic rings. The smallest absolute Gasteiger partial charge is 0.310 e. The van der Waals surface area contributed by atoms with Crippen LogP contribution in [0.1, 0.15) is 34.0 Å². The lowest BCUT2D eigenvalue weighted by molar-refractivity contribution is -0.151. The highest BCUT2D eigenvalue weighted by Gasteiger charge is 2.24. The van der Waals surface area contributed by atoms with Crippen LogP contribution >= 0.6 is 0 Å². The van der Waals surface area contributed by atoms with E-state index in [1.807, 2.05) is 30.9 Å². The third-order valence-corrected chi connectivity index (χ3v) is 6.29. The number of amides is 1. The maximum Gasteiger partial charge on any atom is 0.310 e. The number of anilines is 1. The number of halogens is 1. The summed E-state index contributed by atoms with van der Waals surface area (Å²) in [5, 5.41) is 0.867. The van der Waals surface area contributed by atoms with Crippen LogP contribution in [0, 0.1) is 19.7 Å². The highest BCUT2D eigenvalue weighted by molar-refractivity contribution is 5.94. The van der Waals surface area contributed by atoms with Crippen molar-refractivity contribution in [1.82, 2.24) is 4.90 Å². The van der Waals surface area contributed by atoms with Crippen molar-refractivity contribution >= 4 is 34.3 Å². The van der Waals surface area contributed by atoms with E-state index in [2.05, 4.69) is 0 Å². The summed E-state index contributed by atoms with van der Waals surface area (Å²) in [6, 6.07) is 8.35. The molecule has 4 rings (SSSR count). The molecule has 1 aromatic heterocycles. The molecule has 0 spiro atoms. The van der Waals surface area contributed by atoms with Crippen LogP contribution in [0.2, 0.25) is 0 Å². The third kappa shape index (κ3) is 4.95. The first-order valence-corrected chi connectivity index (χ1v) is 11.2. The fraction of sp³-hybridized carbons (Fsp3) is 0.346. The molecule has 0 saturated carbocycles. The van der Waals surface area contributed by atoms with Gasteiger partial charge in [0.1, 0.15) is 11.4 Å². The Kier molecular flexibility index (Phi) is 6.68. The van der Waals surface area contributed by atoms with Crippen molar-refractivity contribution in [3.63, 3.8) is 0 Å². The number of carbonyl (C=O) groups excluding carboxylic acids is 3. The van der Waals surface area contributed by atoms with Crippen LogP contribution in [-0.2, 0) is 20.7 Å². The van der Waals surface area contributed by atoms with Crippen LogP contribution in [0.15, 0.2) is 41.0 Å². The minimum Gasteiger partial charge on any atom is -0.464 e. The van der Waals surface area contributed by atoms with Crippen LogP contribution in [0.4, 0.5) is 10.1 Å². The predicted molar refractivity (Wildman–Crippen MR) is 126 cm³/mol. The van der Waals surface area contributed by atoms with Gasteiger partial charge in [0.2, 0.25) is 0 Å². The number of rotatable bonds is 6. The van der Waals surface area contributed by atoms with Gasteiger partial charge in [0, 0.05) is 42.7 Å². The minimum absolute atomic E-state index is 0.0199. The van der Waals surface area contributed by atoms with Crippen LogP contribution in [0.25, 0.3) is 11.0 Å². The first-order chi connectivity index (χ1) is 16.2. The van der Waals surface area contributed by atoms with Gasteiger partial charge in [0.15, 0.2) is 12.4 Å². The van der Waals surface area contributed by atoms with Gasteiger partial charge in [0.25, 0.3) is 5.91 Å². The number of hydrogen-bond acceptors (Lipinski definition) is 6. The number of ether oxygens (including phenoxy) is 1. The maximum absolute atomic E-state index is 14.4. The van der Waals surface area contributed by atoms with E-state index in [0.29, 0.717) is 43.0 Å². The Hall–Kier alpha value is -3.68. The quantitative estimate of drug-likeness (QED) is 0.406. The van der Waals surface area contributed by atoms with Gasteiger partial charge in [-0.1, -0.05) is 0 Å². The van der Waals surface area contributed by atoms with Crippen molar-refractivity contribution < 1.29 is 27.9 Å². The minimum atomic E-state index is -0.499. The van der Waals surface area contributed by atoms with E-state index >= 15 is 0 Å². The van der Waals surface area contributed by atoms with Crippen molar-refractivity contribution in [1.29, 1.82) is 0 Å². The standard InChI is InChI=1S/C26H27FN2O5/c1-16-10-21-20(14-33-24(21)11-17(16)2)13-26(32)34-15-25(31)29-8-6-28(7-9-29)23-5-4-19(18(3)30)12-22(23)27/h4-5,10-12,14H,6-9,13,15H2,1-3H3. The van der Waals surface area contributed by atoms with Crippen molar-refractivity contribution in [2.45, 2.75) is 27.2 Å². The number of fused-ring (bicyclic) bond motifs is 1. The SMILES string of the molecule is CC(=O)c1ccc(N2CCN(C(=O)COC(=O)Cc3coc4cc(C)c(C)cc34)CC2)c(F)c1. The second-order valence-corrected chi connectivity index (χ2v) is 8.62. The summed E-state index contributed by atoms with van der Waals surface area (Å²) in [5.74, 6) is -1.44. The molecule has 1 aliphatic heterocycles. The van der Waals surface area contributed by atoms with Crippen molar-refractivity contribution in [2.24, 2.45) is 0 Å². The average molecular weight is 467 g/mol. The number of esters is 1. The summed E-state index contributed by atoms with van der Waals surface area (Å²) in [4.78, 5) is 39.7. The number of hydrogen-bond donors (Lipinski definition) is 0. The molecule has 7 nitrogen and oxygen atoms in total. The van der Waals surface area contributed by atoms with Crippen LogP contribution in [0.3, 0.4) is 0 Å². The summed E-state index contributed by atoms with van der Waals surface area (Å²) in [6.07, 6.45) is 1.57. The van der Waals surface area contributed by atoms with Crippen LogP contribution < -0.4 is 4.90 Å². The summed E-state index contributed by atoms with van der Waals surface area (Å²) < 4.78 is 25.2. The molecule has 1 saturated heterocycles. The van der Waals surface area contributed by atoms with Gasteiger partial charge >= 0.3 is 5.97 Å². The van der Waals surface area contributed by atoms with E-state index in [-0.39, 0.29) is 24.7 Å². The molecular formula is C26H27FN2O5. The normalized spacial score (nSPS) is 13.9. The summed E-state index contributed by atoms with van der Waals surface area (Å²) in [7, 11) is 0. The average Bonchev–Trinajstić information content (AvgIpc) is 3.18. The van der Waals surface area contributed by atoms with Crippen LogP contribution in [0.5, 0.6) is 0 Å². The summed E-state index contributed by atoms with van der Waals surface area (Å²) >= 11 is 0. The Bertz CT molecular complexity index is 1260. The molecule has 178 valence electrons. The number of benzene rings is 2. The van der Waals surface area contributed by atoms with Gasteiger partial charge < -0.3 is 19.0 Å². The third-order valence-electron chi connectivity index (χ3n) is 6.29. The van der Waals surface area contributed by atoms with Crippen molar-refractivity contribution in [3.05, 3.63) is 64.7 Å². The molecule has 8 heteroatoms. The molecule has 1 aliphatic rings. The van der Waals surface area contributed by atoms with E-state index < -0.39 is 11.8 Å². The Labute approximate surface area is 197 Å². The van der Waals surface area contributed by atoms with Gasteiger partial charge in [-0.15, -0.1) is 0 Å². The molecule has 0 N–H and O–H groups in total. The van der Waals surface area contributed by atoms with E-state index in [1.54, 1.807) is 23.3 Å². The molecule has 2 heterocycles. The molecule has 0 atom stereocenters. The van der Waals surface area contributed by atoms with E-state index in [1.165, 1.54) is 13.0 Å². The number of furan rings is 1. The number of piperazine rings is 1. The molecule has 34 heavy (non-hydrogen) atoms. The second-order valence-electron chi connectivity index (χ2n) is 8.62. The largest absolute Gasteiger partial charge is 0.464 e. The Morgan fingerprint density at radius 2 is 1.74 bits per heavy atom. The number of ketones is 1. The summed E-state index contributed by atoms with van der Waals surface area (Å²) in [6.45, 7) is 6.70. The van der Waals surface area contributed by atoms with Gasteiger partial charge in [0.05, 0.1) is 18.4 Å². The first kappa shape index (κ1) is 23.5. The number of nitrogens with zero attached hydrogens (tertiary/aromatic N) is 2. The number of Topliss-reactive ketones (excluding diaryl/α,β-unsaturated/α-hetero) is 1. The molecule has 0 aliphatic carbocycles. The Morgan fingerprint density at radius 1 is 1.03 bits per heavy atom. The lowest BCUT2D eigenvalue weighted by Crippen LogP contribution is -2.50. The lowest BCUT2D eigenvalue weighted by atomic mass is 10.0. The Morgan fingerprint density at radius 3 is 2.41 bits per heavy atom. The molecule has 2 aromatic carbocycles. The first-order valence-electron chi connectivity index (χ1n) is 11.2. The van der Waals surface area contributed by atoms with Crippen LogP contribution in [-0.4, -0.2) is 55.3 Å². The summed E-state index contributed by atoms with van der Waals surface area (Å²) in [5.41, 5.74) is 4.38. The van der Waals surface area contributed by atoms with E-state index in [0.717, 1.165) is 22.1 Å². The number of carbonyl (C=O) groups is 3. The second kappa shape index (κ2) is 9.67. The molecule has 0 unspecified atom stereocenters. The topological polar surface area (TPSA) is 80.1 Å². The molecule has 1 fully saturated rings.